The molecule has 0 aromatic carbocycles. The van der Waals surface area contributed by atoms with Gasteiger partial charge < -0.3 is 15.1 Å². The van der Waals surface area contributed by atoms with Gasteiger partial charge in [-0.3, -0.25) is 4.79 Å². The first-order chi connectivity index (χ1) is 11.5. The van der Waals surface area contributed by atoms with Crippen molar-refractivity contribution < 1.29 is 13.2 Å². The summed E-state index contributed by atoms with van der Waals surface area (Å²) in [7, 11) is -1.52. The van der Waals surface area contributed by atoms with Crippen LogP contribution in [-0.4, -0.2) is 68.9 Å². The largest absolute Gasteiger partial charge is 0.339 e. The minimum absolute atomic E-state index is 0.0147. The van der Waals surface area contributed by atoms with E-state index in [9.17, 15) is 13.2 Å². The van der Waals surface area contributed by atoms with Gasteiger partial charge in [-0.15, -0.1) is 4.40 Å². The second-order valence-electron chi connectivity index (χ2n) is 6.44. The minimum atomic E-state index is -3.48. The van der Waals surface area contributed by atoms with Gasteiger partial charge in [0.15, 0.2) is 5.84 Å². The quantitative estimate of drug-likeness (QED) is 0.789. The van der Waals surface area contributed by atoms with Crippen molar-refractivity contribution in [1.29, 1.82) is 0 Å². The fourth-order valence-corrected chi connectivity index (χ4v) is 4.31. The topological polar surface area (TPSA) is 82.1 Å². The molecule has 0 atom stereocenters. The molecular weight excluding hydrogens is 328 g/mol. The van der Waals surface area contributed by atoms with Gasteiger partial charge in [0, 0.05) is 25.8 Å². The molecular formula is C16H24N4O3S. The highest BCUT2D eigenvalue weighted by Crippen LogP contribution is 2.24. The lowest BCUT2D eigenvalue weighted by molar-refractivity contribution is -0.128. The first-order valence-corrected chi connectivity index (χ1v) is 10.0. The van der Waals surface area contributed by atoms with Crippen LogP contribution < -0.4 is 5.32 Å². The Labute approximate surface area is 143 Å². The lowest BCUT2D eigenvalue weighted by atomic mass is 9.93. The van der Waals surface area contributed by atoms with E-state index < -0.39 is 10.0 Å². The molecule has 0 radical (unpaired) electrons. The number of hydrogen-bond acceptors (Lipinski definition) is 5. The van der Waals surface area contributed by atoms with Gasteiger partial charge >= 0.3 is 0 Å². The maximum atomic E-state index is 12.8. The molecule has 1 saturated heterocycles. The number of fused-ring (bicyclic) bond motifs is 1. The van der Waals surface area contributed by atoms with Crippen molar-refractivity contribution in [3.8, 4) is 0 Å². The number of allylic oxidation sites excluding steroid dienone is 2. The highest BCUT2D eigenvalue weighted by Gasteiger charge is 2.33. The summed E-state index contributed by atoms with van der Waals surface area (Å²) in [4.78, 5) is 16.4. The summed E-state index contributed by atoms with van der Waals surface area (Å²) in [5.41, 5.74) is 0.384. The number of nitrogens with zero attached hydrogens (tertiary/aromatic N) is 3. The van der Waals surface area contributed by atoms with Crippen LogP contribution in [0.1, 0.15) is 19.3 Å². The van der Waals surface area contributed by atoms with Gasteiger partial charge in [0.1, 0.15) is 0 Å². The molecule has 0 unspecified atom stereocenters. The molecule has 1 amide bonds. The molecule has 1 fully saturated rings. The monoisotopic (exact) mass is 352 g/mol. The van der Waals surface area contributed by atoms with Crippen LogP contribution in [0.4, 0.5) is 0 Å². The molecule has 1 N–H and O–H groups in total. The molecule has 3 heterocycles. The van der Waals surface area contributed by atoms with E-state index in [1.807, 2.05) is 11.9 Å². The molecule has 3 aliphatic heterocycles. The Morgan fingerprint density at radius 2 is 2.08 bits per heavy atom. The van der Waals surface area contributed by atoms with E-state index in [2.05, 4.69) is 9.71 Å². The van der Waals surface area contributed by atoms with Crippen LogP contribution >= 0.6 is 0 Å². The van der Waals surface area contributed by atoms with Gasteiger partial charge in [-0.1, -0.05) is 0 Å². The summed E-state index contributed by atoms with van der Waals surface area (Å²) in [5, 5.41) is 3.16. The Morgan fingerprint density at radius 3 is 2.79 bits per heavy atom. The van der Waals surface area contributed by atoms with Crippen molar-refractivity contribution in [2.45, 2.75) is 19.3 Å². The zero-order chi connectivity index (χ0) is 17.2. The maximum absolute atomic E-state index is 12.8. The predicted octanol–water partition coefficient (Wildman–Crippen LogP) is 0.332. The second kappa shape index (κ2) is 7.06. The van der Waals surface area contributed by atoms with Crippen LogP contribution in [0.3, 0.4) is 0 Å². The van der Waals surface area contributed by atoms with Gasteiger partial charge in [0.2, 0.25) is 0 Å². The number of sulfonamides is 1. The summed E-state index contributed by atoms with van der Waals surface area (Å²) < 4.78 is 27.4. The zero-order valence-corrected chi connectivity index (χ0v) is 14.8. The first kappa shape index (κ1) is 17.2. The van der Waals surface area contributed by atoms with E-state index in [1.54, 1.807) is 23.3 Å². The average molecular weight is 352 g/mol. The second-order valence-corrected chi connectivity index (χ2v) is 8.20. The van der Waals surface area contributed by atoms with E-state index in [4.69, 9.17) is 0 Å². The molecule has 0 saturated carbocycles. The fourth-order valence-electron chi connectivity index (χ4n) is 3.33. The highest BCUT2D eigenvalue weighted by atomic mass is 32.2. The van der Waals surface area contributed by atoms with Crippen molar-refractivity contribution >= 4 is 21.8 Å². The van der Waals surface area contributed by atoms with Crippen molar-refractivity contribution in [3.63, 3.8) is 0 Å². The van der Waals surface area contributed by atoms with E-state index in [0.717, 1.165) is 25.8 Å². The number of rotatable bonds is 4. The molecule has 0 spiro atoms. The summed E-state index contributed by atoms with van der Waals surface area (Å²) in [6, 6.07) is 0. The Morgan fingerprint density at radius 1 is 1.33 bits per heavy atom. The fraction of sp³-hybridized carbons (Fsp3) is 0.625. The number of carbonyl (C=O) groups is 1. The van der Waals surface area contributed by atoms with Crippen molar-refractivity contribution in [1.82, 2.24) is 15.1 Å². The molecule has 132 valence electrons. The van der Waals surface area contributed by atoms with Crippen LogP contribution in [0.15, 0.2) is 28.3 Å². The Kier molecular flexibility index (Phi) is 5.05. The standard InChI is InChI=1S/C16H24N4O3S/c1-17-7-4-13-5-9-20(10-6-13)16(21)14-3-2-8-19-11-12-24(22,23)18-15(14)19/h2-3,8,13,17H,4-7,9-12H2,1H3. The zero-order valence-electron chi connectivity index (χ0n) is 13.9. The van der Waals surface area contributed by atoms with Gasteiger partial charge in [-0.2, -0.15) is 0 Å². The van der Waals surface area contributed by atoms with E-state index in [1.165, 1.54) is 0 Å². The molecule has 7 nitrogen and oxygen atoms in total. The maximum Gasteiger partial charge on any atom is 0.257 e. The number of carbonyl (C=O) groups excluding carboxylic acids is 1. The van der Waals surface area contributed by atoms with Gasteiger partial charge in [0.25, 0.3) is 15.9 Å². The summed E-state index contributed by atoms with van der Waals surface area (Å²) in [6.45, 7) is 2.77. The first-order valence-electron chi connectivity index (χ1n) is 8.42. The molecule has 3 rings (SSSR count). The third kappa shape index (κ3) is 3.70. The van der Waals surface area contributed by atoms with Crippen molar-refractivity contribution in [2.24, 2.45) is 10.3 Å². The van der Waals surface area contributed by atoms with E-state index in [0.29, 0.717) is 31.1 Å². The molecule has 0 aromatic rings. The Hall–Kier alpha value is -1.67. The third-order valence-electron chi connectivity index (χ3n) is 4.79. The number of hydrogen-bond donors (Lipinski definition) is 1. The summed E-state index contributed by atoms with van der Waals surface area (Å²) in [6.07, 6.45) is 8.34. The molecule has 8 heteroatoms. The van der Waals surface area contributed by atoms with E-state index in [-0.39, 0.29) is 17.5 Å². The average Bonchev–Trinajstić information content (AvgIpc) is 2.58. The van der Waals surface area contributed by atoms with Crippen LogP contribution in [0.5, 0.6) is 0 Å². The number of amidine groups is 1. The molecule has 0 aromatic heterocycles. The smallest absolute Gasteiger partial charge is 0.257 e. The Balaban J connectivity index is 1.70. The minimum Gasteiger partial charge on any atom is -0.339 e. The lowest BCUT2D eigenvalue weighted by Gasteiger charge is -2.35. The molecule has 3 aliphatic rings. The third-order valence-corrected chi connectivity index (χ3v) is 5.94. The van der Waals surface area contributed by atoms with Gasteiger partial charge in [0.05, 0.1) is 11.3 Å². The van der Waals surface area contributed by atoms with Gasteiger partial charge in [-0.05, 0) is 50.9 Å². The summed E-state index contributed by atoms with van der Waals surface area (Å²) in [5.74, 6) is 0.781. The summed E-state index contributed by atoms with van der Waals surface area (Å²) >= 11 is 0. The number of piperidine rings is 1. The normalized spacial score (nSPS) is 23.5. The van der Waals surface area contributed by atoms with Crippen molar-refractivity contribution in [3.05, 3.63) is 23.9 Å². The van der Waals surface area contributed by atoms with Crippen LogP contribution in [0.2, 0.25) is 0 Å². The molecule has 0 bridgehead atoms. The molecule has 0 aliphatic carbocycles. The van der Waals surface area contributed by atoms with Crippen LogP contribution in [0, 0.1) is 5.92 Å². The predicted molar refractivity (Wildman–Crippen MR) is 93.0 cm³/mol. The number of amides is 1. The van der Waals surface area contributed by atoms with E-state index >= 15 is 0 Å². The number of nitrogens with one attached hydrogen (secondary N) is 1. The number of likely N-dealkylation sites (tertiary alicyclic amines) is 1. The molecule has 24 heavy (non-hydrogen) atoms. The van der Waals surface area contributed by atoms with Gasteiger partial charge in [-0.25, -0.2) is 8.42 Å². The van der Waals surface area contributed by atoms with Crippen molar-refractivity contribution in [2.75, 3.05) is 39.0 Å². The van der Waals surface area contributed by atoms with Crippen LogP contribution in [0.25, 0.3) is 0 Å². The lowest BCUT2D eigenvalue weighted by Crippen LogP contribution is -2.45. The highest BCUT2D eigenvalue weighted by molar-refractivity contribution is 7.90. The SMILES string of the molecule is CNCCC1CCN(C(=O)C2=CC=CN3CCS(=O)(=O)N=C23)CC1. The van der Waals surface area contributed by atoms with Crippen LogP contribution in [-0.2, 0) is 14.8 Å². The Bertz CT molecular complexity index is 688.